The maximum absolute atomic E-state index is 14.7. The number of aliphatic hydroxyl groups excluding tert-OH is 2. The number of aliphatic hydroxyl groups is 2. The average Bonchev–Trinajstić information content (AvgIpc) is 3.07. The predicted octanol–water partition coefficient (Wildman–Crippen LogP) is -0.157. The van der Waals surface area contributed by atoms with Crippen molar-refractivity contribution in [2.45, 2.75) is 37.4 Å². The second kappa shape index (κ2) is 5.80. The smallest absolute Gasteiger partial charge is 0.224 e. The highest BCUT2D eigenvalue weighted by Crippen LogP contribution is 2.42. The molecule has 0 saturated carbocycles. The lowest BCUT2D eigenvalue weighted by Crippen LogP contribution is -2.44. The van der Waals surface area contributed by atoms with Crippen LogP contribution in [0, 0.1) is 0 Å². The van der Waals surface area contributed by atoms with Crippen molar-refractivity contribution in [3.05, 3.63) is 6.33 Å². The first kappa shape index (κ1) is 16.8. The third-order valence-corrected chi connectivity index (χ3v) is 4.45. The molecule has 132 valence electrons. The molecule has 0 aromatic carbocycles. The lowest BCUT2D eigenvalue weighted by Gasteiger charge is -2.28. The Morgan fingerprint density at radius 3 is 2.71 bits per heavy atom. The molecule has 3 rings (SSSR count). The van der Waals surface area contributed by atoms with Crippen LogP contribution in [0.1, 0.15) is 19.6 Å². The van der Waals surface area contributed by atoms with E-state index in [9.17, 15) is 14.6 Å². The highest BCUT2D eigenvalue weighted by Gasteiger charge is 2.55. The monoisotopic (exact) mass is 340 g/mol. The first-order valence-corrected chi connectivity index (χ1v) is 7.62. The summed E-state index contributed by atoms with van der Waals surface area (Å²) in [6, 6.07) is 0. The quantitative estimate of drug-likeness (QED) is 0.702. The molecule has 4 atom stereocenters. The molecule has 24 heavy (non-hydrogen) atoms. The van der Waals surface area contributed by atoms with Gasteiger partial charge < -0.3 is 25.6 Å². The van der Waals surface area contributed by atoms with Crippen molar-refractivity contribution < 1.29 is 19.3 Å². The van der Waals surface area contributed by atoms with Gasteiger partial charge >= 0.3 is 0 Å². The van der Waals surface area contributed by atoms with E-state index in [1.54, 1.807) is 25.9 Å². The Morgan fingerprint density at radius 1 is 1.46 bits per heavy atom. The van der Waals surface area contributed by atoms with E-state index in [-0.39, 0.29) is 12.4 Å². The number of nitrogens with two attached hydrogens (primary N) is 1. The number of aromatic nitrogens is 4. The zero-order valence-corrected chi connectivity index (χ0v) is 13.7. The molecule has 0 radical (unpaired) electrons. The Kier molecular flexibility index (Phi) is 4.06. The van der Waals surface area contributed by atoms with Gasteiger partial charge in [-0.25, -0.2) is 9.37 Å². The number of halogens is 1. The zero-order chi connectivity index (χ0) is 17.6. The standard InChI is InChI=1S/C14H21FN6O3/c1-4-14(5-22)9(23)7(15)12(24-14)21-6-17-8-10(20(2)3)18-13(16)19-11(8)21/h6-7,9,12,22-23H,4-5H2,1-3H3,(H2,16,18,19)/t7-,9+,12-,14-/m1/s1. The molecule has 3 heterocycles. The highest BCUT2D eigenvalue weighted by molar-refractivity contribution is 5.84. The molecule has 1 aliphatic rings. The number of imidazole rings is 1. The van der Waals surface area contributed by atoms with Crippen molar-refractivity contribution in [1.29, 1.82) is 0 Å². The highest BCUT2D eigenvalue weighted by atomic mass is 19.1. The van der Waals surface area contributed by atoms with Gasteiger partial charge in [0.15, 0.2) is 29.4 Å². The van der Waals surface area contributed by atoms with Gasteiger partial charge in [-0.1, -0.05) is 6.92 Å². The van der Waals surface area contributed by atoms with Crippen molar-refractivity contribution in [2.75, 3.05) is 31.3 Å². The summed E-state index contributed by atoms with van der Waals surface area (Å²) in [5, 5.41) is 19.8. The fourth-order valence-electron chi connectivity index (χ4n) is 2.98. The van der Waals surface area contributed by atoms with Crippen LogP contribution in [-0.4, -0.2) is 68.3 Å². The summed E-state index contributed by atoms with van der Waals surface area (Å²) in [7, 11) is 3.56. The Hall–Kier alpha value is -2.04. The third-order valence-electron chi connectivity index (χ3n) is 4.45. The zero-order valence-electron chi connectivity index (χ0n) is 13.7. The summed E-state index contributed by atoms with van der Waals surface area (Å²) in [4.78, 5) is 14.2. The van der Waals surface area contributed by atoms with Crippen LogP contribution in [0.25, 0.3) is 11.2 Å². The molecule has 4 N–H and O–H groups in total. The van der Waals surface area contributed by atoms with Crippen LogP contribution in [0.3, 0.4) is 0 Å². The molecular formula is C14H21FN6O3. The Morgan fingerprint density at radius 2 is 2.17 bits per heavy atom. The molecule has 0 bridgehead atoms. The summed E-state index contributed by atoms with van der Waals surface area (Å²) in [5.74, 6) is 0.514. The van der Waals surface area contributed by atoms with Crippen LogP contribution in [0.5, 0.6) is 0 Å². The molecule has 0 aliphatic carbocycles. The van der Waals surface area contributed by atoms with Gasteiger partial charge in [0.05, 0.1) is 12.9 Å². The van der Waals surface area contributed by atoms with Gasteiger partial charge in [0.1, 0.15) is 11.7 Å². The molecule has 1 saturated heterocycles. The maximum Gasteiger partial charge on any atom is 0.224 e. The van der Waals surface area contributed by atoms with E-state index >= 15 is 0 Å². The van der Waals surface area contributed by atoms with Gasteiger partial charge in [-0.15, -0.1) is 0 Å². The molecule has 0 spiro atoms. The molecule has 2 aromatic rings. The predicted molar refractivity (Wildman–Crippen MR) is 85.2 cm³/mol. The van der Waals surface area contributed by atoms with Crippen LogP contribution in [0.15, 0.2) is 6.33 Å². The number of hydrogen-bond acceptors (Lipinski definition) is 8. The number of nitrogens with zero attached hydrogens (tertiary/aromatic N) is 5. The third kappa shape index (κ3) is 2.29. The van der Waals surface area contributed by atoms with Gasteiger partial charge in [-0.05, 0) is 6.42 Å². The van der Waals surface area contributed by atoms with Crippen molar-refractivity contribution in [2.24, 2.45) is 0 Å². The first-order chi connectivity index (χ1) is 11.3. The van der Waals surface area contributed by atoms with E-state index < -0.39 is 30.7 Å². The topological polar surface area (TPSA) is 123 Å². The first-order valence-electron chi connectivity index (χ1n) is 7.62. The minimum absolute atomic E-state index is 0.0193. The minimum atomic E-state index is -1.74. The van der Waals surface area contributed by atoms with E-state index in [1.165, 1.54) is 10.9 Å². The molecule has 10 heteroatoms. The minimum Gasteiger partial charge on any atom is -0.393 e. The van der Waals surface area contributed by atoms with E-state index in [1.807, 2.05) is 0 Å². The van der Waals surface area contributed by atoms with E-state index in [4.69, 9.17) is 10.5 Å². The van der Waals surface area contributed by atoms with Crippen LogP contribution in [-0.2, 0) is 4.74 Å². The maximum atomic E-state index is 14.7. The molecule has 1 aliphatic heterocycles. The summed E-state index contributed by atoms with van der Waals surface area (Å²) < 4.78 is 21.8. The van der Waals surface area contributed by atoms with Gasteiger partial charge in [-0.2, -0.15) is 9.97 Å². The lowest BCUT2D eigenvalue weighted by molar-refractivity contribution is -0.128. The summed E-state index contributed by atoms with van der Waals surface area (Å²) in [6.07, 6.45) is -2.73. The van der Waals surface area contributed by atoms with Gasteiger partial charge in [-0.3, -0.25) is 4.57 Å². The molecule has 0 amide bonds. The van der Waals surface area contributed by atoms with E-state index in [0.717, 1.165) is 0 Å². The number of fused-ring (bicyclic) bond motifs is 1. The Bertz CT molecular complexity index is 747. The van der Waals surface area contributed by atoms with Crippen molar-refractivity contribution >= 4 is 22.9 Å². The van der Waals surface area contributed by atoms with Crippen molar-refractivity contribution in [1.82, 2.24) is 19.5 Å². The van der Waals surface area contributed by atoms with Crippen molar-refractivity contribution in [3.63, 3.8) is 0 Å². The second-order valence-corrected chi connectivity index (χ2v) is 6.10. The number of anilines is 2. The lowest BCUT2D eigenvalue weighted by atomic mass is 9.94. The number of rotatable bonds is 4. The van der Waals surface area contributed by atoms with Gasteiger partial charge in [0.25, 0.3) is 0 Å². The Balaban J connectivity index is 2.11. The van der Waals surface area contributed by atoms with Gasteiger partial charge in [0.2, 0.25) is 5.95 Å². The number of alkyl halides is 1. The van der Waals surface area contributed by atoms with Gasteiger partial charge in [0, 0.05) is 14.1 Å². The fraction of sp³-hybridized carbons (Fsp3) is 0.643. The normalized spacial score (nSPS) is 30.2. The molecule has 1 fully saturated rings. The summed E-state index contributed by atoms with van der Waals surface area (Å²) in [6.45, 7) is 1.22. The number of nitrogen functional groups attached to an aromatic ring is 1. The SMILES string of the molecule is CC[C@]1(CO)O[C@@H](n2cnc3c(N(C)C)nc(N)nc32)[C@H](F)[C@@H]1O. The fourth-order valence-corrected chi connectivity index (χ4v) is 2.98. The van der Waals surface area contributed by atoms with Crippen LogP contribution in [0.2, 0.25) is 0 Å². The average molecular weight is 340 g/mol. The van der Waals surface area contributed by atoms with Crippen LogP contribution >= 0.6 is 0 Å². The summed E-state index contributed by atoms with van der Waals surface area (Å²) >= 11 is 0. The number of hydrogen-bond donors (Lipinski definition) is 3. The molecule has 9 nitrogen and oxygen atoms in total. The van der Waals surface area contributed by atoms with Crippen LogP contribution in [0.4, 0.5) is 16.2 Å². The van der Waals surface area contributed by atoms with E-state index in [0.29, 0.717) is 17.0 Å². The molecular weight excluding hydrogens is 319 g/mol. The largest absolute Gasteiger partial charge is 0.393 e. The van der Waals surface area contributed by atoms with E-state index in [2.05, 4.69) is 15.0 Å². The summed E-state index contributed by atoms with van der Waals surface area (Å²) in [5.41, 5.74) is 5.13. The van der Waals surface area contributed by atoms with Crippen LogP contribution < -0.4 is 10.6 Å². The van der Waals surface area contributed by atoms with Crippen molar-refractivity contribution in [3.8, 4) is 0 Å². The molecule has 2 aromatic heterocycles. The molecule has 0 unspecified atom stereocenters. The number of ether oxygens (including phenoxy) is 1. The Labute approximate surface area is 137 Å². The second-order valence-electron chi connectivity index (χ2n) is 6.10.